The van der Waals surface area contributed by atoms with Gasteiger partial charge < -0.3 is 15.2 Å². The van der Waals surface area contributed by atoms with Crippen molar-refractivity contribution in [3.05, 3.63) is 29.8 Å². The number of nitrogens with one attached hydrogen (secondary N) is 1. The molecule has 0 atom stereocenters. The van der Waals surface area contributed by atoms with Crippen LogP contribution in [0.5, 0.6) is 5.75 Å². The van der Waals surface area contributed by atoms with Crippen molar-refractivity contribution in [2.24, 2.45) is 0 Å². The highest BCUT2D eigenvalue weighted by Gasteiger charge is 2.17. The SMILES string of the molecule is COC(C)(C)CNC(=O)c1ccc(O)cc1. The molecule has 0 saturated heterocycles. The van der Waals surface area contributed by atoms with E-state index in [1.165, 1.54) is 12.1 Å². The molecular formula is C12H17NO3. The Bertz CT molecular complexity index is 357. The van der Waals surface area contributed by atoms with Crippen molar-refractivity contribution in [1.29, 1.82) is 0 Å². The Morgan fingerprint density at radius 2 is 1.94 bits per heavy atom. The molecule has 88 valence electrons. The molecule has 0 saturated carbocycles. The second kappa shape index (κ2) is 4.99. The van der Waals surface area contributed by atoms with Crippen LogP contribution in [0, 0.1) is 0 Å². The van der Waals surface area contributed by atoms with Gasteiger partial charge in [0, 0.05) is 19.2 Å². The van der Waals surface area contributed by atoms with Crippen molar-refractivity contribution in [3.8, 4) is 5.75 Å². The number of ether oxygens (including phenoxy) is 1. The Morgan fingerprint density at radius 3 is 2.44 bits per heavy atom. The van der Waals surface area contributed by atoms with E-state index in [1.54, 1.807) is 19.2 Å². The minimum Gasteiger partial charge on any atom is -0.508 e. The Labute approximate surface area is 95.2 Å². The summed E-state index contributed by atoms with van der Waals surface area (Å²) in [6, 6.07) is 6.11. The van der Waals surface area contributed by atoms with Crippen LogP contribution >= 0.6 is 0 Å². The summed E-state index contributed by atoms with van der Waals surface area (Å²) in [4.78, 5) is 11.7. The van der Waals surface area contributed by atoms with E-state index in [0.29, 0.717) is 12.1 Å². The molecule has 1 aromatic rings. The van der Waals surface area contributed by atoms with Gasteiger partial charge in [-0.2, -0.15) is 0 Å². The third-order valence-electron chi connectivity index (χ3n) is 2.36. The fourth-order valence-electron chi connectivity index (χ4n) is 1.08. The fourth-order valence-corrected chi connectivity index (χ4v) is 1.08. The van der Waals surface area contributed by atoms with Crippen LogP contribution < -0.4 is 5.32 Å². The molecule has 1 amide bonds. The van der Waals surface area contributed by atoms with Crippen molar-refractivity contribution in [2.75, 3.05) is 13.7 Å². The number of aromatic hydroxyl groups is 1. The Balaban J connectivity index is 2.56. The lowest BCUT2D eigenvalue weighted by Gasteiger charge is -2.23. The Hall–Kier alpha value is -1.55. The van der Waals surface area contributed by atoms with Gasteiger partial charge in [-0.3, -0.25) is 4.79 Å². The smallest absolute Gasteiger partial charge is 0.251 e. The van der Waals surface area contributed by atoms with Gasteiger partial charge >= 0.3 is 0 Å². The molecule has 1 rings (SSSR count). The van der Waals surface area contributed by atoms with Crippen LogP contribution in [-0.2, 0) is 4.74 Å². The minimum absolute atomic E-state index is 0.147. The molecule has 0 aliphatic carbocycles. The zero-order chi connectivity index (χ0) is 12.2. The quantitative estimate of drug-likeness (QED) is 0.814. The highest BCUT2D eigenvalue weighted by molar-refractivity contribution is 5.94. The summed E-state index contributed by atoms with van der Waals surface area (Å²) in [5.74, 6) is -0.0288. The summed E-state index contributed by atoms with van der Waals surface area (Å²) in [6.07, 6.45) is 0. The van der Waals surface area contributed by atoms with E-state index >= 15 is 0 Å². The number of hydrogen-bond donors (Lipinski definition) is 2. The van der Waals surface area contributed by atoms with Crippen LogP contribution in [0.15, 0.2) is 24.3 Å². The molecule has 0 radical (unpaired) electrons. The maximum atomic E-state index is 11.7. The fraction of sp³-hybridized carbons (Fsp3) is 0.417. The molecular weight excluding hydrogens is 206 g/mol. The molecule has 1 aromatic carbocycles. The van der Waals surface area contributed by atoms with E-state index in [1.807, 2.05) is 13.8 Å². The summed E-state index contributed by atoms with van der Waals surface area (Å²) in [5.41, 5.74) is 0.136. The van der Waals surface area contributed by atoms with Gasteiger partial charge in [-0.1, -0.05) is 0 Å². The monoisotopic (exact) mass is 223 g/mol. The predicted molar refractivity (Wildman–Crippen MR) is 61.5 cm³/mol. The first kappa shape index (κ1) is 12.5. The molecule has 2 N–H and O–H groups in total. The lowest BCUT2D eigenvalue weighted by Crippen LogP contribution is -2.39. The number of phenolic OH excluding ortho intramolecular Hbond substituents is 1. The molecule has 0 aromatic heterocycles. The highest BCUT2D eigenvalue weighted by Crippen LogP contribution is 2.10. The van der Waals surface area contributed by atoms with Crippen LogP contribution in [0.3, 0.4) is 0 Å². The molecule has 0 aliphatic rings. The lowest BCUT2D eigenvalue weighted by molar-refractivity contribution is 0.0229. The van der Waals surface area contributed by atoms with Crippen LogP contribution in [0.2, 0.25) is 0 Å². The summed E-state index contributed by atoms with van der Waals surface area (Å²) in [5, 5.41) is 11.8. The largest absolute Gasteiger partial charge is 0.508 e. The van der Waals surface area contributed by atoms with Crippen LogP contribution in [-0.4, -0.2) is 30.3 Å². The first-order chi connectivity index (χ1) is 7.44. The van der Waals surface area contributed by atoms with E-state index < -0.39 is 0 Å². The van der Waals surface area contributed by atoms with E-state index in [2.05, 4.69) is 5.32 Å². The summed E-state index contributed by atoms with van der Waals surface area (Å²) in [7, 11) is 1.60. The van der Waals surface area contributed by atoms with E-state index in [-0.39, 0.29) is 17.3 Å². The van der Waals surface area contributed by atoms with Crippen molar-refractivity contribution in [1.82, 2.24) is 5.32 Å². The highest BCUT2D eigenvalue weighted by atomic mass is 16.5. The van der Waals surface area contributed by atoms with Gasteiger partial charge in [0.05, 0.1) is 5.60 Å². The molecule has 0 fully saturated rings. The van der Waals surface area contributed by atoms with Crippen molar-refractivity contribution >= 4 is 5.91 Å². The van der Waals surface area contributed by atoms with E-state index in [9.17, 15) is 4.79 Å². The van der Waals surface area contributed by atoms with Gasteiger partial charge in [0.25, 0.3) is 5.91 Å². The molecule has 4 heteroatoms. The number of amides is 1. The third-order valence-corrected chi connectivity index (χ3v) is 2.36. The van der Waals surface area contributed by atoms with Gasteiger partial charge in [-0.25, -0.2) is 0 Å². The van der Waals surface area contributed by atoms with Gasteiger partial charge in [-0.05, 0) is 38.1 Å². The molecule has 0 bridgehead atoms. The van der Waals surface area contributed by atoms with Crippen LogP contribution in [0.25, 0.3) is 0 Å². The molecule has 4 nitrogen and oxygen atoms in total. The third kappa shape index (κ3) is 3.55. The number of carbonyl (C=O) groups is 1. The molecule has 0 unspecified atom stereocenters. The average molecular weight is 223 g/mol. The molecule has 0 spiro atoms. The van der Waals surface area contributed by atoms with Gasteiger partial charge in [0.1, 0.15) is 5.75 Å². The van der Waals surface area contributed by atoms with Crippen molar-refractivity contribution in [3.63, 3.8) is 0 Å². The zero-order valence-electron chi connectivity index (χ0n) is 9.78. The van der Waals surface area contributed by atoms with Crippen LogP contribution in [0.1, 0.15) is 24.2 Å². The number of phenols is 1. The molecule has 0 heterocycles. The minimum atomic E-state index is -0.382. The summed E-state index contributed by atoms with van der Waals surface area (Å²) >= 11 is 0. The first-order valence-corrected chi connectivity index (χ1v) is 5.07. The standard InChI is InChI=1S/C12H17NO3/c1-12(2,16-3)8-13-11(15)9-4-6-10(14)7-5-9/h4-7,14H,8H2,1-3H3,(H,13,15). The zero-order valence-corrected chi connectivity index (χ0v) is 9.78. The number of rotatable bonds is 4. The van der Waals surface area contributed by atoms with Gasteiger partial charge in [-0.15, -0.1) is 0 Å². The number of methoxy groups -OCH3 is 1. The molecule has 0 aliphatic heterocycles. The number of carbonyl (C=O) groups excluding carboxylic acids is 1. The van der Waals surface area contributed by atoms with E-state index in [4.69, 9.17) is 9.84 Å². The van der Waals surface area contributed by atoms with Crippen LogP contribution in [0.4, 0.5) is 0 Å². The predicted octanol–water partition coefficient (Wildman–Crippen LogP) is 1.55. The normalized spacial score (nSPS) is 11.2. The van der Waals surface area contributed by atoms with Crippen molar-refractivity contribution < 1.29 is 14.6 Å². The lowest BCUT2D eigenvalue weighted by atomic mass is 10.1. The first-order valence-electron chi connectivity index (χ1n) is 5.07. The molecule has 16 heavy (non-hydrogen) atoms. The second-order valence-corrected chi connectivity index (χ2v) is 4.19. The second-order valence-electron chi connectivity index (χ2n) is 4.19. The number of hydrogen-bond acceptors (Lipinski definition) is 3. The van der Waals surface area contributed by atoms with Gasteiger partial charge in [0.15, 0.2) is 0 Å². The Morgan fingerprint density at radius 1 is 1.38 bits per heavy atom. The van der Waals surface area contributed by atoms with Gasteiger partial charge in [0.2, 0.25) is 0 Å². The summed E-state index contributed by atoms with van der Waals surface area (Å²) < 4.78 is 5.19. The maximum absolute atomic E-state index is 11.7. The summed E-state index contributed by atoms with van der Waals surface area (Å²) in [6.45, 7) is 4.22. The maximum Gasteiger partial charge on any atom is 0.251 e. The average Bonchev–Trinajstić information content (AvgIpc) is 2.27. The van der Waals surface area contributed by atoms with Crippen molar-refractivity contribution in [2.45, 2.75) is 19.4 Å². The van der Waals surface area contributed by atoms with E-state index in [0.717, 1.165) is 0 Å². The topological polar surface area (TPSA) is 58.6 Å². The Kier molecular flexibility index (Phi) is 3.90. The number of benzene rings is 1.